The topological polar surface area (TPSA) is 133 Å². The van der Waals surface area contributed by atoms with Crippen LogP contribution in [0.15, 0.2) is 30.5 Å². The van der Waals surface area contributed by atoms with Crippen LogP contribution in [-0.4, -0.2) is 49.7 Å². The van der Waals surface area contributed by atoms with Gasteiger partial charge >= 0.3 is 0 Å². The van der Waals surface area contributed by atoms with E-state index in [4.69, 9.17) is 10.7 Å². The van der Waals surface area contributed by atoms with Crippen LogP contribution in [0, 0.1) is 29.5 Å². The summed E-state index contributed by atoms with van der Waals surface area (Å²) < 4.78 is 43.6. The van der Waals surface area contributed by atoms with Crippen molar-refractivity contribution in [3.63, 3.8) is 0 Å². The van der Waals surface area contributed by atoms with Gasteiger partial charge in [0.2, 0.25) is 0 Å². The van der Waals surface area contributed by atoms with Crippen LogP contribution >= 0.6 is 0 Å². The van der Waals surface area contributed by atoms with E-state index >= 15 is 0 Å². The number of anilines is 1. The standard InChI is InChI=1S/C24H29FN4O3S.C2H6O/c1-6-7-21(27)24(4,5)33(31,32)14-16(3)19-11-18(8-9-20(19)25)29-23(30)22-15(2)10-17(12-26)13-28-22;1-3-2/h8-11,13,16,27H,6-7,14H2,1-5H3,(H,29,30);1-2H3. The van der Waals surface area contributed by atoms with Crippen LogP contribution in [0.25, 0.3) is 0 Å². The number of nitrogens with zero attached hydrogens (tertiary/aromatic N) is 2. The number of nitrogens with one attached hydrogen (secondary N) is 2. The second kappa shape index (κ2) is 13.2. The summed E-state index contributed by atoms with van der Waals surface area (Å²) in [7, 11) is -0.501. The van der Waals surface area contributed by atoms with Crippen molar-refractivity contribution in [2.75, 3.05) is 25.3 Å². The van der Waals surface area contributed by atoms with Gasteiger partial charge in [0.25, 0.3) is 5.91 Å². The summed E-state index contributed by atoms with van der Waals surface area (Å²) in [4.78, 5) is 16.6. The van der Waals surface area contributed by atoms with Crippen LogP contribution in [0.4, 0.5) is 10.1 Å². The first-order valence-corrected chi connectivity index (χ1v) is 13.1. The third-order valence-electron chi connectivity index (χ3n) is 5.68. The molecule has 2 aromatic rings. The van der Waals surface area contributed by atoms with Gasteiger partial charge in [0, 0.05) is 31.8 Å². The Morgan fingerprint density at radius 1 is 1.31 bits per heavy atom. The second-order valence-corrected chi connectivity index (χ2v) is 11.6. The van der Waals surface area contributed by atoms with Crippen molar-refractivity contribution in [1.82, 2.24) is 4.98 Å². The number of nitriles is 1. The first kappa shape index (κ1) is 30.9. The number of hydrogen-bond acceptors (Lipinski definition) is 7. The van der Waals surface area contributed by atoms with Crippen molar-refractivity contribution in [2.24, 2.45) is 0 Å². The summed E-state index contributed by atoms with van der Waals surface area (Å²) in [6.07, 6.45) is 2.33. The normalized spacial score (nSPS) is 12.1. The largest absolute Gasteiger partial charge is 0.388 e. The smallest absolute Gasteiger partial charge is 0.274 e. The lowest BCUT2D eigenvalue weighted by atomic mass is 10.0. The molecule has 0 saturated heterocycles. The molecule has 1 atom stereocenters. The van der Waals surface area contributed by atoms with E-state index in [9.17, 15) is 17.6 Å². The highest BCUT2D eigenvalue weighted by Crippen LogP contribution is 2.29. The second-order valence-electron chi connectivity index (χ2n) is 9.02. The number of halogens is 1. The molecule has 1 aromatic carbocycles. The summed E-state index contributed by atoms with van der Waals surface area (Å²) in [5, 5.41) is 19.7. The minimum atomic E-state index is -3.75. The summed E-state index contributed by atoms with van der Waals surface area (Å²) in [6, 6.07) is 7.48. The third-order valence-corrected chi connectivity index (χ3v) is 8.42. The first-order valence-electron chi connectivity index (χ1n) is 11.4. The molecule has 8 nitrogen and oxygen atoms in total. The molecule has 0 saturated carbocycles. The van der Waals surface area contributed by atoms with Crippen LogP contribution in [-0.2, 0) is 14.6 Å². The first-order chi connectivity index (χ1) is 16.7. The molecule has 0 aliphatic carbocycles. The molecule has 0 aliphatic rings. The zero-order chi connectivity index (χ0) is 27.7. The quantitative estimate of drug-likeness (QED) is 0.447. The number of methoxy groups -OCH3 is 1. The Balaban J connectivity index is 0.00000205. The maximum Gasteiger partial charge on any atom is 0.274 e. The predicted molar refractivity (Wildman–Crippen MR) is 140 cm³/mol. The highest BCUT2D eigenvalue weighted by atomic mass is 32.2. The van der Waals surface area contributed by atoms with Crippen molar-refractivity contribution >= 4 is 27.1 Å². The maximum absolute atomic E-state index is 14.6. The van der Waals surface area contributed by atoms with Gasteiger partial charge in [-0.1, -0.05) is 20.3 Å². The number of ether oxygens (including phenoxy) is 1. The zero-order valence-electron chi connectivity index (χ0n) is 21.9. The predicted octanol–water partition coefficient (Wildman–Crippen LogP) is 5.03. The summed E-state index contributed by atoms with van der Waals surface area (Å²) >= 11 is 0. The molecule has 1 amide bonds. The Bertz CT molecular complexity index is 1240. The van der Waals surface area contributed by atoms with Gasteiger partial charge in [0.15, 0.2) is 9.84 Å². The zero-order valence-corrected chi connectivity index (χ0v) is 22.7. The van der Waals surface area contributed by atoms with E-state index in [1.807, 2.05) is 13.0 Å². The Morgan fingerprint density at radius 2 is 1.92 bits per heavy atom. The summed E-state index contributed by atoms with van der Waals surface area (Å²) in [6.45, 7) is 8.15. The van der Waals surface area contributed by atoms with E-state index in [2.05, 4.69) is 15.0 Å². The van der Waals surface area contributed by atoms with Crippen molar-refractivity contribution < 1.29 is 22.3 Å². The van der Waals surface area contributed by atoms with Gasteiger partial charge in [0.1, 0.15) is 22.3 Å². The number of amides is 1. The molecular formula is C26H35FN4O4S. The molecule has 0 spiro atoms. The number of aryl methyl sites for hydroxylation is 1. The van der Waals surface area contributed by atoms with Gasteiger partial charge in [-0.2, -0.15) is 5.26 Å². The fourth-order valence-corrected chi connectivity index (χ4v) is 5.16. The SMILES string of the molecule is CCCC(=N)C(C)(C)S(=O)(=O)CC(C)c1cc(NC(=O)c2ncc(C#N)cc2C)ccc1F.COC. The molecule has 1 heterocycles. The Kier molecular flexibility index (Phi) is 11.3. The van der Waals surface area contributed by atoms with Crippen molar-refractivity contribution in [3.05, 3.63) is 58.7 Å². The number of carbonyl (C=O) groups excluding carboxylic acids is 1. The fourth-order valence-electron chi connectivity index (χ4n) is 3.43. The molecular weight excluding hydrogens is 483 g/mol. The molecule has 1 aromatic heterocycles. The van der Waals surface area contributed by atoms with E-state index < -0.39 is 32.2 Å². The van der Waals surface area contributed by atoms with Gasteiger partial charge in [-0.05, 0) is 68.5 Å². The van der Waals surface area contributed by atoms with Crippen molar-refractivity contribution in [3.8, 4) is 6.07 Å². The average Bonchev–Trinajstić information content (AvgIpc) is 2.80. The molecule has 0 aliphatic heterocycles. The lowest BCUT2D eigenvalue weighted by molar-refractivity contribution is 0.102. The summed E-state index contributed by atoms with van der Waals surface area (Å²) in [5.74, 6) is -2.14. The summed E-state index contributed by atoms with van der Waals surface area (Å²) in [5.41, 5.74) is 1.56. The average molecular weight is 519 g/mol. The molecule has 2 rings (SSSR count). The van der Waals surface area contributed by atoms with E-state index in [0.29, 0.717) is 29.7 Å². The van der Waals surface area contributed by atoms with E-state index in [1.54, 1.807) is 34.1 Å². The maximum atomic E-state index is 14.6. The number of sulfone groups is 1. The highest BCUT2D eigenvalue weighted by Gasteiger charge is 2.39. The molecule has 1 unspecified atom stereocenters. The van der Waals surface area contributed by atoms with Gasteiger partial charge < -0.3 is 15.5 Å². The number of carbonyl (C=O) groups is 1. The van der Waals surface area contributed by atoms with Gasteiger partial charge in [-0.3, -0.25) is 4.79 Å². The van der Waals surface area contributed by atoms with Gasteiger partial charge in [-0.15, -0.1) is 0 Å². The van der Waals surface area contributed by atoms with Crippen molar-refractivity contribution in [1.29, 1.82) is 10.7 Å². The molecule has 196 valence electrons. The van der Waals surface area contributed by atoms with E-state index in [-0.39, 0.29) is 22.7 Å². The van der Waals surface area contributed by atoms with Crippen LogP contribution in [0.1, 0.15) is 73.6 Å². The van der Waals surface area contributed by atoms with Crippen LogP contribution in [0.2, 0.25) is 0 Å². The van der Waals surface area contributed by atoms with Crippen LogP contribution < -0.4 is 5.32 Å². The third kappa shape index (κ3) is 7.67. The Labute approximate surface area is 213 Å². The number of hydrogen-bond donors (Lipinski definition) is 2. The number of aromatic nitrogens is 1. The Morgan fingerprint density at radius 3 is 2.44 bits per heavy atom. The Hall–Kier alpha value is -3.16. The molecule has 10 heteroatoms. The number of rotatable bonds is 9. The minimum Gasteiger partial charge on any atom is -0.388 e. The van der Waals surface area contributed by atoms with E-state index in [0.717, 1.165) is 0 Å². The monoisotopic (exact) mass is 518 g/mol. The highest BCUT2D eigenvalue weighted by molar-refractivity contribution is 7.93. The van der Waals surface area contributed by atoms with Gasteiger partial charge in [0.05, 0.1) is 11.3 Å². The lowest BCUT2D eigenvalue weighted by Crippen LogP contribution is -2.42. The van der Waals surface area contributed by atoms with Crippen molar-refractivity contribution in [2.45, 2.75) is 58.1 Å². The molecule has 0 bridgehead atoms. The number of benzene rings is 1. The van der Waals surface area contributed by atoms with Crippen LogP contribution in [0.3, 0.4) is 0 Å². The molecule has 0 fully saturated rings. The van der Waals surface area contributed by atoms with Crippen LogP contribution in [0.5, 0.6) is 0 Å². The van der Waals surface area contributed by atoms with Gasteiger partial charge in [-0.25, -0.2) is 17.8 Å². The minimum absolute atomic E-state index is 0.129. The molecule has 0 radical (unpaired) electrons. The molecule has 2 N–H and O–H groups in total. The number of pyridine rings is 1. The fraction of sp³-hybridized carbons (Fsp3) is 0.462. The molecule has 36 heavy (non-hydrogen) atoms. The van der Waals surface area contributed by atoms with E-state index in [1.165, 1.54) is 38.2 Å². The lowest BCUT2D eigenvalue weighted by Gasteiger charge is -2.27.